The van der Waals surface area contributed by atoms with Gasteiger partial charge in [0.05, 0.1) is 22.1 Å². The Balaban J connectivity index is 1.15. The quantitative estimate of drug-likeness (QED) is 0.164. The molecule has 0 atom stereocenters. The van der Waals surface area contributed by atoms with Crippen molar-refractivity contribution < 1.29 is 4.42 Å². The predicted molar refractivity (Wildman–Crippen MR) is 258 cm³/mol. The highest BCUT2D eigenvalue weighted by Crippen LogP contribution is 2.49. The van der Waals surface area contributed by atoms with Gasteiger partial charge in [0, 0.05) is 83.0 Å². The van der Waals surface area contributed by atoms with Crippen LogP contribution in [0.3, 0.4) is 0 Å². The number of imidazole rings is 1. The summed E-state index contributed by atoms with van der Waals surface area (Å²) in [5, 5.41) is 7.45. The molecular weight excluding hydrogens is 763 g/mol. The number of para-hydroxylation sites is 1. The van der Waals surface area contributed by atoms with Crippen molar-refractivity contribution in [3.63, 3.8) is 0 Å². The lowest BCUT2D eigenvalue weighted by Gasteiger charge is -2.42. The molecule has 12 aromatic rings. The zero-order valence-electron chi connectivity index (χ0n) is 34.1. The summed E-state index contributed by atoms with van der Waals surface area (Å²) in [6, 6.07) is 56.3. The molecule has 288 valence electrons. The van der Waals surface area contributed by atoms with Crippen LogP contribution in [0, 0.1) is 0 Å². The molecule has 0 saturated heterocycles. The molecule has 0 spiro atoms. The molecule has 0 aliphatic carbocycles. The zero-order valence-corrected chi connectivity index (χ0v) is 34.9. The number of furan rings is 1. The largest absolute Gasteiger partial charge is 0.456 e. The minimum atomic E-state index is -0.145. The number of benzene rings is 8. The normalized spacial score (nSPS) is 13.5. The predicted octanol–water partition coefficient (Wildman–Crippen LogP) is 13.1. The van der Waals surface area contributed by atoms with E-state index in [9.17, 15) is 0 Å². The van der Waals surface area contributed by atoms with Gasteiger partial charge in [-0.3, -0.25) is 0 Å². The number of anilines is 2. The Morgan fingerprint density at radius 1 is 0.590 bits per heavy atom. The number of aromatic nitrogens is 3. The van der Waals surface area contributed by atoms with E-state index >= 15 is 0 Å². The lowest BCUT2D eigenvalue weighted by molar-refractivity contribution is 0.590. The molecule has 2 aliphatic rings. The van der Waals surface area contributed by atoms with Gasteiger partial charge in [-0.25, -0.2) is 4.98 Å². The summed E-state index contributed by atoms with van der Waals surface area (Å²) in [6.45, 7) is 6.71. The van der Waals surface area contributed by atoms with Crippen LogP contribution >= 0.6 is 11.3 Å². The minimum absolute atomic E-state index is 0.0239. The summed E-state index contributed by atoms with van der Waals surface area (Å²) in [5.41, 5.74) is 17.3. The van der Waals surface area contributed by atoms with E-state index in [-0.39, 0.29) is 12.3 Å². The smallest absolute Gasteiger partial charge is 0.333 e. The second kappa shape index (κ2) is 11.6. The van der Waals surface area contributed by atoms with Gasteiger partial charge in [0.2, 0.25) is 0 Å². The molecule has 5 nitrogen and oxygen atoms in total. The fraction of sp³-hybridized carbons (Fsp3) is 0.0926. The first-order chi connectivity index (χ1) is 29.8. The minimum Gasteiger partial charge on any atom is -0.456 e. The number of hydrogen-bond donors (Lipinski definition) is 0. The van der Waals surface area contributed by atoms with E-state index in [1.165, 1.54) is 75.3 Å². The average molecular weight is 801 g/mol. The first-order valence-electron chi connectivity index (χ1n) is 21.1. The number of fused-ring (bicyclic) bond motifs is 15. The van der Waals surface area contributed by atoms with Gasteiger partial charge in [0.15, 0.2) is 0 Å². The summed E-state index contributed by atoms with van der Waals surface area (Å²) >= 11 is 1.88. The second-order valence-electron chi connectivity index (χ2n) is 18.0. The average Bonchev–Trinajstić information content (AvgIpc) is 4.02. The van der Waals surface area contributed by atoms with Crippen LogP contribution in [0.4, 0.5) is 11.4 Å². The Bertz CT molecular complexity index is 3880. The maximum atomic E-state index is 6.65. The van der Waals surface area contributed by atoms with Crippen LogP contribution < -0.4 is 15.7 Å². The van der Waals surface area contributed by atoms with Crippen LogP contribution in [0.25, 0.3) is 103 Å². The highest BCUT2D eigenvalue weighted by molar-refractivity contribution is 7.25. The number of nitrogens with zero attached hydrogens (tertiary/aromatic N) is 4. The summed E-state index contributed by atoms with van der Waals surface area (Å²) in [6.07, 6.45) is 0. The Hall–Kier alpha value is -7.09. The van der Waals surface area contributed by atoms with Crippen LogP contribution in [0.5, 0.6) is 0 Å². The Kier molecular flexibility index (Phi) is 6.41. The first-order valence-corrected chi connectivity index (χ1v) is 21.9. The highest BCUT2D eigenvalue weighted by Gasteiger charge is 2.45. The Morgan fingerprint density at radius 2 is 1.38 bits per heavy atom. The Morgan fingerprint density at radius 3 is 2.21 bits per heavy atom. The van der Waals surface area contributed by atoms with Gasteiger partial charge in [-0.05, 0) is 82.1 Å². The molecule has 0 radical (unpaired) electrons. The van der Waals surface area contributed by atoms with Crippen molar-refractivity contribution in [2.45, 2.75) is 26.2 Å². The van der Waals surface area contributed by atoms with Gasteiger partial charge in [-0.15, -0.1) is 11.3 Å². The van der Waals surface area contributed by atoms with Crippen molar-refractivity contribution >= 4 is 115 Å². The monoisotopic (exact) mass is 800 g/mol. The molecule has 6 heterocycles. The molecule has 14 rings (SSSR count). The number of hydrogen-bond acceptors (Lipinski definition) is 4. The summed E-state index contributed by atoms with van der Waals surface area (Å²) in [7, 11) is 2.15. The van der Waals surface area contributed by atoms with Crippen molar-refractivity contribution in [1.82, 2.24) is 14.1 Å². The van der Waals surface area contributed by atoms with Gasteiger partial charge < -0.3 is 18.4 Å². The molecule has 0 amide bonds. The van der Waals surface area contributed by atoms with Crippen molar-refractivity contribution in [3.8, 4) is 28.2 Å². The topological polar surface area (TPSA) is 39.1 Å². The van der Waals surface area contributed by atoms with Crippen molar-refractivity contribution in [3.05, 3.63) is 157 Å². The maximum absolute atomic E-state index is 6.65. The van der Waals surface area contributed by atoms with E-state index in [1.54, 1.807) is 0 Å². The Labute approximate surface area is 355 Å². The molecule has 61 heavy (non-hydrogen) atoms. The fourth-order valence-electron chi connectivity index (χ4n) is 10.8. The van der Waals surface area contributed by atoms with Gasteiger partial charge in [0.25, 0.3) is 0 Å². The van der Waals surface area contributed by atoms with Gasteiger partial charge in [0.1, 0.15) is 17.0 Å². The molecule has 0 unspecified atom stereocenters. The van der Waals surface area contributed by atoms with Gasteiger partial charge in [-0.2, -0.15) is 0 Å². The third-order valence-corrected chi connectivity index (χ3v) is 14.8. The number of rotatable bonds is 2. The molecule has 8 aromatic carbocycles. The number of aryl methyl sites for hydroxylation is 1. The molecule has 2 aliphatic heterocycles. The van der Waals surface area contributed by atoms with E-state index in [1.807, 2.05) is 11.3 Å². The SMILES string of the molecule is Cn1c(-c2ccccc2)nc2cc3c(cc21)-n1c2cc4sc5ccccc5c4cc2c2ccc4c(c21)B3N(c1ccc(C(C)(C)C)cc1)c1cc2oc3ccccc3c2cc1-4. The third-order valence-electron chi connectivity index (χ3n) is 13.7. The maximum Gasteiger partial charge on any atom is 0.333 e. The molecular formula is C54H37BN4OS. The second-order valence-corrected chi connectivity index (χ2v) is 19.1. The highest BCUT2D eigenvalue weighted by atomic mass is 32.1. The number of thiophene rings is 1. The van der Waals surface area contributed by atoms with Crippen LogP contribution in [0.15, 0.2) is 156 Å². The first kappa shape index (κ1) is 33.7. The van der Waals surface area contributed by atoms with Crippen LogP contribution in [-0.4, -0.2) is 21.0 Å². The molecule has 0 bridgehead atoms. The van der Waals surface area contributed by atoms with Gasteiger partial charge >= 0.3 is 6.85 Å². The molecule has 7 heteroatoms. The molecule has 0 saturated carbocycles. The van der Waals surface area contributed by atoms with Gasteiger partial charge in [-0.1, -0.05) is 112 Å². The summed E-state index contributed by atoms with van der Waals surface area (Å²) in [5.74, 6) is 0.960. The van der Waals surface area contributed by atoms with Crippen LogP contribution in [-0.2, 0) is 12.5 Å². The summed E-state index contributed by atoms with van der Waals surface area (Å²) in [4.78, 5) is 7.98. The van der Waals surface area contributed by atoms with E-state index in [0.717, 1.165) is 55.7 Å². The van der Waals surface area contributed by atoms with Crippen molar-refractivity contribution in [1.29, 1.82) is 0 Å². The van der Waals surface area contributed by atoms with Crippen LogP contribution in [0.2, 0.25) is 0 Å². The zero-order chi connectivity index (χ0) is 40.5. The van der Waals surface area contributed by atoms with Crippen LogP contribution in [0.1, 0.15) is 26.3 Å². The lowest BCUT2D eigenvalue weighted by atomic mass is 9.44. The lowest BCUT2D eigenvalue weighted by Crippen LogP contribution is -2.60. The standard InChI is InChI=1S/C54H37BN4OS/c1-54(2,3)31-18-20-32(21-19-31)59-44-28-48-39(33-14-8-10-16-47(33)60-48)24-37(44)35-22-23-36-38-25-40-34-15-9-11-17-49(34)61-50(40)29-43(38)58-45-27-46-42(26-41(45)55(59)51(35)52(36)58)56-53(57(46)4)30-12-6-5-7-13-30/h5-29H,1-4H3. The third kappa shape index (κ3) is 4.43. The molecule has 4 aromatic heterocycles. The summed E-state index contributed by atoms with van der Waals surface area (Å²) < 4.78 is 14.1. The van der Waals surface area contributed by atoms with E-state index in [4.69, 9.17) is 9.40 Å². The molecule has 0 fully saturated rings. The van der Waals surface area contributed by atoms with Crippen molar-refractivity contribution in [2.24, 2.45) is 7.05 Å². The van der Waals surface area contributed by atoms with E-state index in [0.29, 0.717) is 0 Å². The van der Waals surface area contributed by atoms with Crippen molar-refractivity contribution in [2.75, 3.05) is 4.81 Å². The van der Waals surface area contributed by atoms with E-state index in [2.05, 4.69) is 193 Å². The fourth-order valence-corrected chi connectivity index (χ4v) is 11.9. The molecule has 0 N–H and O–H groups in total. The van der Waals surface area contributed by atoms with E-state index < -0.39 is 0 Å².